The van der Waals surface area contributed by atoms with Crippen LogP contribution in [0.25, 0.3) is 0 Å². The predicted octanol–water partition coefficient (Wildman–Crippen LogP) is 2.60. The Labute approximate surface area is 110 Å². The average molecular weight is 251 g/mol. The van der Waals surface area contributed by atoms with Crippen LogP contribution in [0, 0.1) is 5.92 Å². The molecule has 0 amide bonds. The molecule has 0 radical (unpaired) electrons. The number of nitrogens with zero attached hydrogens (tertiary/aromatic N) is 2. The maximum absolute atomic E-state index is 12.1. The summed E-state index contributed by atoms with van der Waals surface area (Å²) in [6.45, 7) is 4.32. The third kappa shape index (κ3) is 4.26. The zero-order valence-corrected chi connectivity index (χ0v) is 11.7. The minimum Gasteiger partial charge on any atom is -0.318 e. The lowest BCUT2D eigenvalue weighted by Crippen LogP contribution is -2.23. The maximum Gasteiger partial charge on any atom is 0.154 e. The summed E-state index contributed by atoms with van der Waals surface area (Å²) >= 11 is 0. The number of hydrogen-bond acceptors (Lipinski definition) is 3. The first-order valence-corrected chi connectivity index (χ1v) is 6.85. The smallest absolute Gasteiger partial charge is 0.154 e. The highest BCUT2D eigenvalue weighted by Gasteiger charge is 2.20. The van der Waals surface area contributed by atoms with E-state index in [-0.39, 0.29) is 5.78 Å². The molecular weight excluding hydrogens is 226 g/mol. The van der Waals surface area contributed by atoms with Crippen molar-refractivity contribution in [3.8, 4) is 0 Å². The van der Waals surface area contributed by atoms with Gasteiger partial charge in [-0.15, -0.1) is 0 Å². The molecule has 0 aliphatic rings. The van der Waals surface area contributed by atoms with Crippen molar-refractivity contribution in [1.29, 1.82) is 0 Å². The standard InChI is InChI=1S/C14H25N3O/c1-4-6-7-11(5-2)8-13(18)14(15)12-9-16-17(3)10-12/h9-11,14H,4-8,15H2,1-3H3. The molecule has 1 rings (SSSR count). The summed E-state index contributed by atoms with van der Waals surface area (Å²) in [5.74, 6) is 0.603. The summed E-state index contributed by atoms with van der Waals surface area (Å²) in [5, 5.41) is 4.05. The van der Waals surface area contributed by atoms with Gasteiger partial charge in [0.15, 0.2) is 5.78 Å². The SMILES string of the molecule is CCCCC(CC)CC(=O)C(N)c1cnn(C)c1. The topological polar surface area (TPSA) is 60.9 Å². The number of ketones is 1. The van der Waals surface area contributed by atoms with Crippen molar-refractivity contribution in [3.63, 3.8) is 0 Å². The highest BCUT2D eigenvalue weighted by Crippen LogP contribution is 2.21. The first kappa shape index (κ1) is 14.9. The number of carbonyl (C=O) groups is 1. The molecule has 0 aliphatic heterocycles. The average Bonchev–Trinajstić information content (AvgIpc) is 2.79. The fraction of sp³-hybridized carbons (Fsp3) is 0.714. The maximum atomic E-state index is 12.1. The molecule has 2 atom stereocenters. The summed E-state index contributed by atoms with van der Waals surface area (Å²) in [5.41, 5.74) is 6.79. The third-order valence-corrected chi connectivity index (χ3v) is 3.46. The molecule has 1 heterocycles. The molecular formula is C14H25N3O. The summed E-state index contributed by atoms with van der Waals surface area (Å²) in [7, 11) is 1.83. The van der Waals surface area contributed by atoms with Crippen molar-refractivity contribution in [3.05, 3.63) is 18.0 Å². The number of unbranched alkanes of at least 4 members (excludes halogenated alkanes) is 1. The van der Waals surface area contributed by atoms with Crippen LogP contribution in [0.15, 0.2) is 12.4 Å². The van der Waals surface area contributed by atoms with Crippen LogP contribution >= 0.6 is 0 Å². The van der Waals surface area contributed by atoms with E-state index in [2.05, 4.69) is 18.9 Å². The van der Waals surface area contributed by atoms with Crippen molar-refractivity contribution in [2.24, 2.45) is 18.7 Å². The van der Waals surface area contributed by atoms with E-state index >= 15 is 0 Å². The summed E-state index contributed by atoms with van der Waals surface area (Å²) in [6.07, 6.45) is 8.62. The lowest BCUT2D eigenvalue weighted by Gasteiger charge is -2.16. The van der Waals surface area contributed by atoms with Crippen molar-refractivity contribution in [2.75, 3.05) is 0 Å². The molecule has 0 saturated carbocycles. The molecule has 4 heteroatoms. The van der Waals surface area contributed by atoms with Gasteiger partial charge in [0.25, 0.3) is 0 Å². The van der Waals surface area contributed by atoms with Gasteiger partial charge in [0.1, 0.15) is 0 Å². The molecule has 2 unspecified atom stereocenters. The summed E-state index contributed by atoms with van der Waals surface area (Å²) < 4.78 is 1.68. The van der Waals surface area contributed by atoms with E-state index in [1.54, 1.807) is 10.9 Å². The first-order chi connectivity index (χ1) is 8.58. The Morgan fingerprint density at radius 2 is 2.22 bits per heavy atom. The molecule has 2 N–H and O–H groups in total. The van der Waals surface area contributed by atoms with Crippen LogP contribution in [0.5, 0.6) is 0 Å². The fourth-order valence-corrected chi connectivity index (χ4v) is 2.14. The van der Waals surface area contributed by atoms with E-state index < -0.39 is 6.04 Å². The highest BCUT2D eigenvalue weighted by molar-refractivity contribution is 5.85. The molecule has 102 valence electrons. The third-order valence-electron chi connectivity index (χ3n) is 3.46. The van der Waals surface area contributed by atoms with Crippen molar-refractivity contribution >= 4 is 5.78 Å². The van der Waals surface area contributed by atoms with Crippen LogP contribution in [0.2, 0.25) is 0 Å². The minimum atomic E-state index is -0.519. The molecule has 1 aromatic rings. The van der Waals surface area contributed by atoms with E-state index in [4.69, 9.17) is 5.73 Å². The van der Waals surface area contributed by atoms with Gasteiger partial charge >= 0.3 is 0 Å². The quantitative estimate of drug-likeness (QED) is 0.772. The van der Waals surface area contributed by atoms with Crippen LogP contribution in [-0.4, -0.2) is 15.6 Å². The van der Waals surface area contributed by atoms with Crippen LogP contribution in [0.3, 0.4) is 0 Å². The monoisotopic (exact) mass is 251 g/mol. The minimum absolute atomic E-state index is 0.131. The van der Waals surface area contributed by atoms with Gasteiger partial charge in [0.2, 0.25) is 0 Å². The molecule has 0 bridgehead atoms. The molecule has 0 spiro atoms. The second kappa shape index (κ2) is 7.31. The van der Waals surface area contributed by atoms with Crippen molar-refractivity contribution < 1.29 is 4.79 Å². The number of aryl methyl sites for hydroxylation is 1. The Morgan fingerprint density at radius 3 is 2.72 bits per heavy atom. The van der Waals surface area contributed by atoms with Crippen molar-refractivity contribution in [2.45, 2.75) is 52.0 Å². The van der Waals surface area contributed by atoms with E-state index in [9.17, 15) is 4.79 Å². The van der Waals surface area contributed by atoms with E-state index in [1.807, 2.05) is 13.2 Å². The normalized spacial score (nSPS) is 14.4. The second-order valence-electron chi connectivity index (χ2n) is 5.01. The van der Waals surface area contributed by atoms with Crippen LogP contribution in [0.4, 0.5) is 0 Å². The Hall–Kier alpha value is -1.16. The van der Waals surface area contributed by atoms with Gasteiger partial charge in [-0.3, -0.25) is 9.48 Å². The van der Waals surface area contributed by atoms with Gasteiger partial charge in [-0.25, -0.2) is 0 Å². The van der Waals surface area contributed by atoms with Crippen LogP contribution in [0.1, 0.15) is 57.6 Å². The van der Waals surface area contributed by atoms with Crippen molar-refractivity contribution in [1.82, 2.24) is 9.78 Å². The highest BCUT2D eigenvalue weighted by atomic mass is 16.1. The second-order valence-corrected chi connectivity index (χ2v) is 5.01. The number of carbonyl (C=O) groups excluding carboxylic acids is 1. The summed E-state index contributed by atoms with van der Waals surface area (Å²) in [4.78, 5) is 12.1. The zero-order valence-electron chi connectivity index (χ0n) is 11.7. The molecule has 4 nitrogen and oxygen atoms in total. The van der Waals surface area contributed by atoms with Crippen LogP contribution < -0.4 is 5.73 Å². The summed E-state index contributed by atoms with van der Waals surface area (Å²) in [6, 6.07) is -0.519. The lowest BCUT2D eigenvalue weighted by atomic mass is 9.90. The van der Waals surface area contributed by atoms with E-state index in [0.29, 0.717) is 12.3 Å². The Balaban J connectivity index is 2.53. The molecule has 0 aliphatic carbocycles. The van der Waals surface area contributed by atoms with Crippen LogP contribution in [-0.2, 0) is 11.8 Å². The first-order valence-electron chi connectivity index (χ1n) is 6.85. The largest absolute Gasteiger partial charge is 0.318 e. The molecule has 1 aromatic heterocycles. The number of aromatic nitrogens is 2. The molecule has 0 fully saturated rings. The van der Waals surface area contributed by atoms with Gasteiger partial charge in [-0.2, -0.15) is 5.10 Å². The number of rotatable bonds is 8. The Bertz CT molecular complexity index is 373. The Morgan fingerprint density at radius 1 is 1.50 bits per heavy atom. The van der Waals surface area contributed by atoms with E-state index in [1.165, 1.54) is 12.8 Å². The lowest BCUT2D eigenvalue weighted by molar-refractivity contribution is -0.121. The molecule has 18 heavy (non-hydrogen) atoms. The molecule has 0 saturated heterocycles. The molecule has 0 aromatic carbocycles. The van der Waals surface area contributed by atoms with Gasteiger partial charge in [0.05, 0.1) is 12.2 Å². The fourth-order valence-electron chi connectivity index (χ4n) is 2.14. The zero-order chi connectivity index (χ0) is 13.5. The van der Waals surface area contributed by atoms with Gasteiger partial charge < -0.3 is 5.73 Å². The Kier molecular flexibility index (Phi) is 6.05. The van der Waals surface area contributed by atoms with Gasteiger partial charge in [-0.05, 0) is 5.92 Å². The van der Waals surface area contributed by atoms with Gasteiger partial charge in [-0.1, -0.05) is 39.5 Å². The number of nitrogens with two attached hydrogens (primary N) is 1. The number of hydrogen-bond donors (Lipinski definition) is 1. The van der Waals surface area contributed by atoms with E-state index in [0.717, 1.165) is 18.4 Å². The predicted molar refractivity (Wildman–Crippen MR) is 73.1 cm³/mol. The number of Topliss-reactive ketones (excluding diaryl/α,β-unsaturated/α-hetero) is 1. The van der Waals surface area contributed by atoms with Gasteiger partial charge in [0, 0.05) is 25.2 Å².